The Labute approximate surface area is 103 Å². The second-order valence-corrected chi connectivity index (χ2v) is 4.04. The van der Waals surface area contributed by atoms with E-state index in [1.165, 1.54) is 12.1 Å². The van der Waals surface area contributed by atoms with Crippen LogP contribution in [0.1, 0.15) is 0 Å². The van der Waals surface area contributed by atoms with Crippen molar-refractivity contribution < 1.29 is 14.1 Å². The summed E-state index contributed by atoms with van der Waals surface area (Å²) in [6.07, 6.45) is 0.773. The summed E-state index contributed by atoms with van der Waals surface area (Å²) >= 11 is 0. The Bertz CT molecular complexity index is 481. The Morgan fingerprint density at radius 1 is 1.56 bits per heavy atom. The highest BCUT2D eigenvalue weighted by molar-refractivity contribution is 5.61. The van der Waals surface area contributed by atoms with Crippen LogP contribution < -0.4 is 10.2 Å². The molecule has 18 heavy (non-hydrogen) atoms. The molecule has 0 saturated carbocycles. The molecule has 0 bridgehead atoms. The largest absolute Gasteiger partial charge is 0.366 e. The smallest absolute Gasteiger partial charge is 0.272 e. The van der Waals surface area contributed by atoms with Gasteiger partial charge in [0.05, 0.1) is 22.7 Å². The number of carbonyl (C=O) groups excluding carboxylic acids is 1. The van der Waals surface area contributed by atoms with Crippen molar-refractivity contribution in [2.75, 3.05) is 24.5 Å². The Kier molecular flexibility index (Phi) is 3.52. The van der Waals surface area contributed by atoms with E-state index in [1.54, 1.807) is 4.90 Å². The number of rotatable bonds is 3. The normalized spacial score (nSPS) is 19.6. The van der Waals surface area contributed by atoms with Crippen molar-refractivity contribution in [2.24, 2.45) is 0 Å². The quantitative estimate of drug-likeness (QED) is 0.488. The molecule has 1 atom stereocenters. The molecule has 1 heterocycles. The molecule has 1 fully saturated rings. The number of benzene rings is 1. The number of nitrogens with one attached hydrogen (secondary N) is 1. The lowest BCUT2D eigenvalue weighted by molar-refractivity contribution is -0.385. The number of piperazine rings is 1. The van der Waals surface area contributed by atoms with Crippen LogP contribution in [0.4, 0.5) is 15.8 Å². The van der Waals surface area contributed by atoms with Crippen molar-refractivity contribution in [1.82, 2.24) is 5.32 Å². The van der Waals surface area contributed by atoms with Crippen LogP contribution in [0.2, 0.25) is 0 Å². The molecule has 1 saturated heterocycles. The van der Waals surface area contributed by atoms with E-state index in [2.05, 4.69) is 5.32 Å². The average Bonchev–Trinajstić information content (AvgIpc) is 2.38. The second kappa shape index (κ2) is 5.09. The zero-order valence-corrected chi connectivity index (χ0v) is 9.51. The molecule has 0 aliphatic carbocycles. The number of nitrogens with zero attached hydrogens (tertiary/aromatic N) is 2. The molecule has 1 aromatic rings. The van der Waals surface area contributed by atoms with Crippen LogP contribution >= 0.6 is 0 Å². The number of aldehydes is 1. The number of nitro groups is 1. The molecule has 0 radical (unpaired) electrons. The summed E-state index contributed by atoms with van der Waals surface area (Å²) in [4.78, 5) is 22.3. The second-order valence-electron chi connectivity index (χ2n) is 4.04. The summed E-state index contributed by atoms with van der Waals surface area (Å²) in [6.45, 7) is 1.48. The van der Waals surface area contributed by atoms with Crippen molar-refractivity contribution >= 4 is 17.7 Å². The van der Waals surface area contributed by atoms with Crippen molar-refractivity contribution in [3.8, 4) is 0 Å². The molecular weight excluding hydrogens is 241 g/mol. The molecule has 7 heteroatoms. The summed E-state index contributed by atoms with van der Waals surface area (Å²) in [5.74, 6) is -0.643. The molecule has 1 N–H and O–H groups in total. The Morgan fingerprint density at radius 2 is 2.33 bits per heavy atom. The number of anilines is 1. The van der Waals surface area contributed by atoms with E-state index in [1.807, 2.05) is 0 Å². The summed E-state index contributed by atoms with van der Waals surface area (Å²) in [7, 11) is 0. The number of carbonyl (C=O) groups is 1. The van der Waals surface area contributed by atoms with Crippen LogP contribution in [-0.4, -0.2) is 36.9 Å². The predicted octanol–water partition coefficient (Wildman–Crippen LogP) is 0.711. The molecule has 6 nitrogen and oxygen atoms in total. The number of hydrogen-bond acceptors (Lipinski definition) is 5. The van der Waals surface area contributed by atoms with Crippen LogP contribution in [0.25, 0.3) is 0 Å². The van der Waals surface area contributed by atoms with E-state index in [0.29, 0.717) is 19.6 Å². The first-order valence-electron chi connectivity index (χ1n) is 5.49. The minimum absolute atomic E-state index is 0.279. The third kappa shape index (κ3) is 2.45. The monoisotopic (exact) mass is 253 g/mol. The molecule has 0 amide bonds. The molecule has 1 aliphatic rings. The van der Waals surface area contributed by atoms with Crippen LogP contribution in [0.3, 0.4) is 0 Å². The zero-order valence-electron chi connectivity index (χ0n) is 9.51. The van der Waals surface area contributed by atoms with Crippen LogP contribution in [-0.2, 0) is 4.79 Å². The molecule has 1 unspecified atom stereocenters. The van der Waals surface area contributed by atoms with E-state index in [4.69, 9.17) is 0 Å². The van der Waals surface area contributed by atoms with Gasteiger partial charge < -0.3 is 15.0 Å². The Hall–Kier alpha value is -2.02. The van der Waals surface area contributed by atoms with E-state index < -0.39 is 10.7 Å². The van der Waals surface area contributed by atoms with E-state index >= 15 is 0 Å². The molecule has 1 aliphatic heterocycles. The molecule has 2 rings (SSSR count). The van der Waals surface area contributed by atoms with Gasteiger partial charge in [0.15, 0.2) is 5.82 Å². The first-order chi connectivity index (χ1) is 8.61. The number of non-ortho nitro benzene ring substituents is 1. The Balaban J connectivity index is 2.22. The van der Waals surface area contributed by atoms with E-state index in [-0.39, 0.29) is 17.4 Å². The van der Waals surface area contributed by atoms with Gasteiger partial charge in [0.25, 0.3) is 5.69 Å². The summed E-state index contributed by atoms with van der Waals surface area (Å²) in [5.41, 5.74) is 0.00673. The highest BCUT2D eigenvalue weighted by Crippen LogP contribution is 2.24. The zero-order chi connectivity index (χ0) is 13.1. The summed E-state index contributed by atoms with van der Waals surface area (Å²) in [5, 5.41) is 13.5. The fraction of sp³-hybridized carbons (Fsp3) is 0.364. The Morgan fingerprint density at radius 3 is 2.94 bits per heavy atom. The average molecular weight is 253 g/mol. The maximum atomic E-state index is 13.8. The van der Waals surface area contributed by atoms with Gasteiger partial charge in [0.2, 0.25) is 0 Å². The standard InChI is InChI=1S/C11H12FN3O3/c12-10-5-9(15(17)18)1-2-11(10)14-4-3-13-8(6-14)7-16/h1-2,5,7-8,13H,3-4,6H2. The molecular formula is C11H12FN3O3. The maximum absolute atomic E-state index is 13.8. The molecule has 96 valence electrons. The van der Waals surface area contributed by atoms with Gasteiger partial charge in [0, 0.05) is 25.7 Å². The van der Waals surface area contributed by atoms with Gasteiger partial charge in [-0.05, 0) is 6.07 Å². The van der Waals surface area contributed by atoms with Gasteiger partial charge in [-0.3, -0.25) is 10.1 Å². The summed E-state index contributed by atoms with van der Waals surface area (Å²) in [6, 6.07) is 3.19. The van der Waals surface area contributed by atoms with Gasteiger partial charge >= 0.3 is 0 Å². The van der Waals surface area contributed by atoms with Gasteiger partial charge in [-0.15, -0.1) is 0 Å². The highest BCUT2D eigenvalue weighted by atomic mass is 19.1. The van der Waals surface area contributed by atoms with Crippen molar-refractivity contribution in [2.45, 2.75) is 6.04 Å². The van der Waals surface area contributed by atoms with Crippen molar-refractivity contribution in [1.29, 1.82) is 0 Å². The fourth-order valence-corrected chi connectivity index (χ4v) is 1.95. The maximum Gasteiger partial charge on any atom is 0.272 e. The number of halogens is 1. The SMILES string of the molecule is O=CC1CN(c2ccc([N+](=O)[O-])cc2F)CCN1. The van der Waals surface area contributed by atoms with E-state index in [0.717, 1.165) is 12.4 Å². The third-order valence-corrected chi connectivity index (χ3v) is 2.85. The van der Waals surface area contributed by atoms with Gasteiger partial charge in [0.1, 0.15) is 6.29 Å². The molecule has 0 spiro atoms. The van der Waals surface area contributed by atoms with E-state index in [9.17, 15) is 19.3 Å². The molecule has 0 aromatic heterocycles. The lowest BCUT2D eigenvalue weighted by Crippen LogP contribution is -2.51. The highest BCUT2D eigenvalue weighted by Gasteiger charge is 2.22. The number of nitro benzene ring substituents is 1. The third-order valence-electron chi connectivity index (χ3n) is 2.85. The topological polar surface area (TPSA) is 75.5 Å². The van der Waals surface area contributed by atoms with Crippen LogP contribution in [0.15, 0.2) is 18.2 Å². The van der Waals surface area contributed by atoms with Crippen molar-refractivity contribution in [3.05, 3.63) is 34.1 Å². The fourth-order valence-electron chi connectivity index (χ4n) is 1.95. The number of hydrogen-bond donors (Lipinski definition) is 1. The molecule has 1 aromatic carbocycles. The van der Waals surface area contributed by atoms with Gasteiger partial charge in [-0.1, -0.05) is 0 Å². The van der Waals surface area contributed by atoms with Gasteiger partial charge in [-0.2, -0.15) is 0 Å². The van der Waals surface area contributed by atoms with Crippen molar-refractivity contribution in [3.63, 3.8) is 0 Å². The first-order valence-corrected chi connectivity index (χ1v) is 5.49. The predicted molar refractivity (Wildman–Crippen MR) is 63.1 cm³/mol. The lowest BCUT2D eigenvalue weighted by Gasteiger charge is -2.32. The first kappa shape index (κ1) is 12.4. The van der Waals surface area contributed by atoms with Crippen LogP contribution in [0.5, 0.6) is 0 Å². The lowest BCUT2D eigenvalue weighted by atomic mass is 10.2. The minimum atomic E-state index is -0.643. The van der Waals surface area contributed by atoms with Gasteiger partial charge in [-0.25, -0.2) is 4.39 Å². The van der Waals surface area contributed by atoms with Crippen LogP contribution in [0, 0.1) is 15.9 Å². The summed E-state index contributed by atoms with van der Waals surface area (Å²) < 4.78 is 13.8. The minimum Gasteiger partial charge on any atom is -0.366 e.